The van der Waals surface area contributed by atoms with Crippen molar-refractivity contribution in [1.29, 1.82) is 0 Å². The SMILES string of the molecule is Fc1ccc(OCC2CSc3ccccc32)c(CCl)c1. The normalized spacial score (nSPS) is 17.0. The Bertz CT molecular complexity index is 617. The summed E-state index contributed by atoms with van der Waals surface area (Å²) in [4.78, 5) is 1.33. The first-order chi connectivity index (χ1) is 9.78. The first-order valence-corrected chi connectivity index (χ1v) is 7.99. The van der Waals surface area contributed by atoms with Crippen LogP contribution in [0.25, 0.3) is 0 Å². The van der Waals surface area contributed by atoms with Crippen LogP contribution in [0.3, 0.4) is 0 Å². The van der Waals surface area contributed by atoms with Gasteiger partial charge in [-0.15, -0.1) is 23.4 Å². The van der Waals surface area contributed by atoms with Gasteiger partial charge in [0.1, 0.15) is 11.6 Å². The summed E-state index contributed by atoms with van der Waals surface area (Å²) in [6, 6.07) is 12.9. The van der Waals surface area contributed by atoms with Crippen molar-refractivity contribution in [3.8, 4) is 5.75 Å². The molecule has 0 radical (unpaired) electrons. The molecule has 0 aromatic heterocycles. The van der Waals surface area contributed by atoms with Gasteiger partial charge in [0, 0.05) is 22.1 Å². The second-order valence-corrected chi connectivity index (χ2v) is 6.07. The minimum atomic E-state index is -0.283. The van der Waals surface area contributed by atoms with Crippen molar-refractivity contribution < 1.29 is 9.13 Å². The van der Waals surface area contributed by atoms with Crippen LogP contribution in [0.4, 0.5) is 4.39 Å². The molecule has 1 aliphatic rings. The molecule has 0 bridgehead atoms. The zero-order valence-corrected chi connectivity index (χ0v) is 12.4. The molecule has 0 amide bonds. The number of thioether (sulfide) groups is 1. The first kappa shape index (κ1) is 13.8. The summed E-state index contributed by atoms with van der Waals surface area (Å²) < 4.78 is 19.0. The molecule has 0 saturated heterocycles. The summed E-state index contributed by atoms with van der Waals surface area (Å²) in [6.45, 7) is 0.597. The van der Waals surface area contributed by atoms with Gasteiger partial charge in [0.2, 0.25) is 0 Å². The Morgan fingerprint density at radius 1 is 1.25 bits per heavy atom. The Labute approximate surface area is 127 Å². The van der Waals surface area contributed by atoms with Crippen LogP contribution in [0.15, 0.2) is 47.4 Å². The van der Waals surface area contributed by atoms with E-state index in [1.165, 1.54) is 22.6 Å². The quantitative estimate of drug-likeness (QED) is 0.748. The average Bonchev–Trinajstić information content (AvgIpc) is 2.89. The summed E-state index contributed by atoms with van der Waals surface area (Å²) in [7, 11) is 0. The van der Waals surface area contributed by atoms with E-state index in [0.717, 1.165) is 5.75 Å². The first-order valence-electron chi connectivity index (χ1n) is 6.47. The van der Waals surface area contributed by atoms with Crippen molar-refractivity contribution >= 4 is 23.4 Å². The van der Waals surface area contributed by atoms with E-state index in [4.69, 9.17) is 16.3 Å². The van der Waals surface area contributed by atoms with E-state index >= 15 is 0 Å². The fourth-order valence-electron chi connectivity index (χ4n) is 2.35. The molecule has 1 unspecified atom stereocenters. The number of halogens is 2. The van der Waals surface area contributed by atoms with Gasteiger partial charge < -0.3 is 4.74 Å². The van der Waals surface area contributed by atoms with Gasteiger partial charge >= 0.3 is 0 Å². The maximum Gasteiger partial charge on any atom is 0.123 e. The molecule has 1 heterocycles. The van der Waals surface area contributed by atoms with Crippen LogP contribution in [0, 0.1) is 5.82 Å². The lowest BCUT2D eigenvalue weighted by Gasteiger charge is -2.14. The van der Waals surface area contributed by atoms with E-state index in [1.54, 1.807) is 6.07 Å². The average molecular weight is 309 g/mol. The van der Waals surface area contributed by atoms with Crippen LogP contribution in [-0.4, -0.2) is 12.4 Å². The fourth-order valence-corrected chi connectivity index (χ4v) is 3.79. The summed E-state index contributed by atoms with van der Waals surface area (Å²) in [5.74, 6) is 2.05. The van der Waals surface area contributed by atoms with Gasteiger partial charge in [-0.1, -0.05) is 18.2 Å². The molecule has 2 aromatic rings. The second kappa shape index (κ2) is 6.06. The van der Waals surface area contributed by atoms with Gasteiger partial charge in [-0.2, -0.15) is 0 Å². The Morgan fingerprint density at radius 2 is 2.10 bits per heavy atom. The number of benzene rings is 2. The zero-order valence-electron chi connectivity index (χ0n) is 10.8. The molecule has 20 heavy (non-hydrogen) atoms. The highest BCUT2D eigenvalue weighted by atomic mass is 35.5. The monoisotopic (exact) mass is 308 g/mol. The van der Waals surface area contributed by atoms with E-state index in [-0.39, 0.29) is 11.7 Å². The van der Waals surface area contributed by atoms with E-state index in [2.05, 4.69) is 24.3 Å². The van der Waals surface area contributed by atoms with Crippen molar-refractivity contribution in [3.05, 3.63) is 59.4 Å². The zero-order chi connectivity index (χ0) is 13.9. The maximum absolute atomic E-state index is 13.2. The Kier molecular flexibility index (Phi) is 4.18. The molecule has 0 spiro atoms. The summed E-state index contributed by atoms with van der Waals surface area (Å²) >= 11 is 7.69. The lowest BCUT2D eigenvalue weighted by molar-refractivity contribution is 0.295. The van der Waals surface area contributed by atoms with Gasteiger partial charge in [0.25, 0.3) is 0 Å². The molecule has 1 nitrogen and oxygen atoms in total. The Hall–Kier alpha value is -1.19. The molecule has 0 N–H and O–H groups in total. The van der Waals surface area contributed by atoms with Crippen molar-refractivity contribution in [1.82, 2.24) is 0 Å². The molecular weight excluding hydrogens is 295 g/mol. The van der Waals surface area contributed by atoms with E-state index < -0.39 is 0 Å². The third-order valence-corrected chi connectivity index (χ3v) is 4.95. The Balaban J connectivity index is 1.72. The molecule has 1 aliphatic heterocycles. The van der Waals surface area contributed by atoms with Crippen molar-refractivity contribution in [3.63, 3.8) is 0 Å². The topological polar surface area (TPSA) is 9.23 Å². The predicted molar refractivity (Wildman–Crippen MR) is 81.4 cm³/mol. The third-order valence-electron chi connectivity index (χ3n) is 3.41. The highest BCUT2D eigenvalue weighted by molar-refractivity contribution is 7.99. The molecule has 104 valence electrons. The number of hydrogen-bond acceptors (Lipinski definition) is 2. The van der Waals surface area contributed by atoms with E-state index in [1.807, 2.05) is 11.8 Å². The molecule has 4 heteroatoms. The van der Waals surface area contributed by atoms with Gasteiger partial charge in [-0.05, 0) is 29.8 Å². The van der Waals surface area contributed by atoms with Crippen molar-refractivity contribution in [2.24, 2.45) is 0 Å². The van der Waals surface area contributed by atoms with Crippen molar-refractivity contribution in [2.45, 2.75) is 16.7 Å². The maximum atomic E-state index is 13.2. The smallest absolute Gasteiger partial charge is 0.123 e. The Morgan fingerprint density at radius 3 is 2.95 bits per heavy atom. The number of alkyl halides is 1. The standard InChI is InChI=1S/C16H14ClFOS/c17-8-11-7-13(18)5-6-15(11)19-9-12-10-20-16-4-2-1-3-14(12)16/h1-7,12H,8-10H2. The van der Waals surface area contributed by atoms with Crippen molar-refractivity contribution in [2.75, 3.05) is 12.4 Å². The van der Waals surface area contributed by atoms with E-state index in [0.29, 0.717) is 23.8 Å². The summed E-state index contributed by atoms with van der Waals surface area (Å²) in [5, 5.41) is 0. The lowest BCUT2D eigenvalue weighted by Crippen LogP contribution is -2.10. The largest absolute Gasteiger partial charge is 0.493 e. The minimum Gasteiger partial charge on any atom is -0.493 e. The molecular formula is C16H14ClFOS. The third kappa shape index (κ3) is 2.79. The molecule has 0 aliphatic carbocycles. The number of fused-ring (bicyclic) bond motifs is 1. The summed E-state index contributed by atoms with van der Waals surface area (Å²) in [5.41, 5.74) is 2.04. The highest BCUT2D eigenvalue weighted by Gasteiger charge is 2.23. The predicted octanol–water partition coefficient (Wildman–Crippen LogP) is 4.83. The molecule has 3 rings (SSSR count). The van der Waals surface area contributed by atoms with Gasteiger partial charge in [-0.25, -0.2) is 4.39 Å². The van der Waals surface area contributed by atoms with Crippen LogP contribution < -0.4 is 4.74 Å². The molecule has 2 aromatic carbocycles. The van der Waals surface area contributed by atoms with Crippen LogP contribution in [-0.2, 0) is 5.88 Å². The second-order valence-electron chi connectivity index (χ2n) is 4.74. The molecule has 1 atom stereocenters. The van der Waals surface area contributed by atoms with Crippen LogP contribution in [0.2, 0.25) is 0 Å². The number of hydrogen-bond donors (Lipinski definition) is 0. The molecule has 0 fully saturated rings. The highest BCUT2D eigenvalue weighted by Crippen LogP contribution is 2.39. The van der Waals surface area contributed by atoms with Gasteiger partial charge in [0.15, 0.2) is 0 Å². The van der Waals surface area contributed by atoms with Crippen LogP contribution in [0.1, 0.15) is 17.0 Å². The number of rotatable bonds is 4. The van der Waals surface area contributed by atoms with E-state index in [9.17, 15) is 4.39 Å². The lowest BCUT2D eigenvalue weighted by atomic mass is 10.0. The van der Waals surface area contributed by atoms with Crippen LogP contribution in [0.5, 0.6) is 5.75 Å². The number of ether oxygens (including phenoxy) is 1. The molecule has 0 saturated carbocycles. The van der Waals surface area contributed by atoms with Gasteiger partial charge in [-0.3, -0.25) is 0 Å². The minimum absolute atomic E-state index is 0.253. The van der Waals surface area contributed by atoms with Crippen LogP contribution >= 0.6 is 23.4 Å². The van der Waals surface area contributed by atoms with Gasteiger partial charge in [0.05, 0.1) is 12.5 Å². The fraction of sp³-hybridized carbons (Fsp3) is 0.250. The summed E-state index contributed by atoms with van der Waals surface area (Å²) in [6.07, 6.45) is 0.